The minimum atomic E-state index is 0.334. The smallest absolute Gasteiger partial charge is 0.235 e. The molecule has 0 fully saturated rings. The lowest BCUT2D eigenvalue weighted by Crippen LogP contribution is -1.81. The minimum absolute atomic E-state index is 0.334. The van der Waals surface area contributed by atoms with Gasteiger partial charge in [-0.15, -0.1) is 0 Å². The van der Waals surface area contributed by atoms with E-state index in [9.17, 15) is 4.79 Å². The number of benzene rings is 1. The van der Waals surface area contributed by atoms with Crippen LogP contribution in [0.2, 0.25) is 0 Å². The maximum Gasteiger partial charge on any atom is 0.235 e. The molecule has 15 heavy (non-hydrogen) atoms. The highest BCUT2D eigenvalue weighted by atomic mass is 16.5. The molecular weight excluding hydrogens is 192 g/mol. The Morgan fingerprint density at radius 1 is 1.47 bits per heavy atom. The molecule has 4 heteroatoms. The molecule has 1 aromatic carbocycles. The molecule has 0 aliphatic rings. The van der Waals surface area contributed by atoms with E-state index in [0.29, 0.717) is 6.54 Å². The number of rotatable bonds is 3. The lowest BCUT2D eigenvalue weighted by Gasteiger charge is -1.97. The number of ether oxygens (including phenoxy) is 1. The first-order valence-electron chi connectivity index (χ1n) is 4.53. The average Bonchev–Trinajstić information content (AvgIpc) is 2.67. The number of isocyanates is 1. The van der Waals surface area contributed by atoms with Gasteiger partial charge in [0.15, 0.2) is 0 Å². The summed E-state index contributed by atoms with van der Waals surface area (Å²) in [6, 6.07) is 7.71. The first-order chi connectivity index (χ1) is 7.33. The summed E-state index contributed by atoms with van der Waals surface area (Å²) in [5, 5.41) is 1.08. The topological polar surface area (TPSA) is 54.4 Å². The quantitative estimate of drug-likeness (QED) is 0.611. The molecule has 0 amide bonds. The Kier molecular flexibility index (Phi) is 2.52. The molecule has 0 spiro atoms. The summed E-state index contributed by atoms with van der Waals surface area (Å²) < 4.78 is 5.11. The van der Waals surface area contributed by atoms with Gasteiger partial charge in [-0.25, -0.2) is 4.79 Å². The highest BCUT2D eigenvalue weighted by Crippen LogP contribution is 2.21. The van der Waals surface area contributed by atoms with Gasteiger partial charge < -0.3 is 9.72 Å². The molecule has 1 aromatic heterocycles. The number of aliphatic imine (C=N–C) groups is 1. The summed E-state index contributed by atoms with van der Waals surface area (Å²) in [7, 11) is 1.63. The van der Waals surface area contributed by atoms with Crippen LogP contribution in [0.25, 0.3) is 10.9 Å². The summed E-state index contributed by atoms with van der Waals surface area (Å²) >= 11 is 0. The summed E-state index contributed by atoms with van der Waals surface area (Å²) in [5.41, 5.74) is 1.87. The highest BCUT2D eigenvalue weighted by molar-refractivity contribution is 5.81. The molecule has 0 radical (unpaired) electrons. The molecule has 2 rings (SSSR count). The van der Waals surface area contributed by atoms with Gasteiger partial charge >= 0.3 is 0 Å². The number of nitrogens with one attached hydrogen (secondary N) is 1. The van der Waals surface area contributed by atoms with Gasteiger partial charge in [-0.1, -0.05) is 0 Å². The van der Waals surface area contributed by atoms with E-state index < -0.39 is 0 Å². The molecule has 0 saturated carbocycles. The summed E-state index contributed by atoms with van der Waals surface area (Å²) in [5.74, 6) is 0.801. The zero-order valence-corrected chi connectivity index (χ0v) is 8.28. The minimum Gasteiger partial charge on any atom is -0.497 e. The Labute approximate surface area is 86.6 Å². The molecule has 2 aromatic rings. The van der Waals surface area contributed by atoms with E-state index in [1.54, 1.807) is 7.11 Å². The van der Waals surface area contributed by atoms with E-state index in [4.69, 9.17) is 4.74 Å². The van der Waals surface area contributed by atoms with Crippen molar-refractivity contribution in [2.75, 3.05) is 7.11 Å². The van der Waals surface area contributed by atoms with Gasteiger partial charge in [0.1, 0.15) is 5.75 Å². The van der Waals surface area contributed by atoms with E-state index >= 15 is 0 Å². The van der Waals surface area contributed by atoms with Crippen LogP contribution in [-0.2, 0) is 11.3 Å². The number of aromatic nitrogens is 1. The fourth-order valence-electron chi connectivity index (χ4n) is 1.50. The number of H-pyrrole nitrogens is 1. The van der Waals surface area contributed by atoms with Crippen molar-refractivity contribution in [2.24, 2.45) is 4.99 Å². The first-order valence-corrected chi connectivity index (χ1v) is 4.53. The zero-order valence-electron chi connectivity index (χ0n) is 8.28. The molecule has 1 heterocycles. The predicted octanol–water partition coefficient (Wildman–Crippen LogP) is 2.01. The second kappa shape index (κ2) is 3.98. The number of hydrogen-bond acceptors (Lipinski definition) is 3. The van der Waals surface area contributed by atoms with E-state index in [0.717, 1.165) is 22.3 Å². The molecule has 1 N–H and O–H groups in total. The number of carbonyl (C=O) groups excluding carboxylic acids is 1. The van der Waals surface area contributed by atoms with Crippen molar-refractivity contribution in [2.45, 2.75) is 6.54 Å². The molecule has 4 nitrogen and oxygen atoms in total. The van der Waals surface area contributed by atoms with E-state index in [-0.39, 0.29) is 0 Å². The fourth-order valence-corrected chi connectivity index (χ4v) is 1.50. The molecule has 0 saturated heterocycles. The number of nitrogens with zero attached hydrogens (tertiary/aromatic N) is 1. The Balaban J connectivity index is 2.41. The van der Waals surface area contributed by atoms with Crippen LogP contribution in [0.1, 0.15) is 5.69 Å². The fraction of sp³-hybridized carbons (Fsp3) is 0.182. The number of methoxy groups -OCH3 is 1. The normalized spacial score (nSPS) is 9.93. The summed E-state index contributed by atoms with van der Waals surface area (Å²) in [6.07, 6.45) is 1.51. The van der Waals surface area contributed by atoms with Gasteiger partial charge in [-0.2, -0.15) is 4.99 Å². The van der Waals surface area contributed by atoms with Gasteiger partial charge in [-0.3, -0.25) is 0 Å². The van der Waals surface area contributed by atoms with Crippen LogP contribution in [0.3, 0.4) is 0 Å². The number of fused-ring (bicyclic) bond motifs is 1. The predicted molar refractivity (Wildman–Crippen MR) is 56.7 cm³/mol. The number of hydrogen-bond donors (Lipinski definition) is 1. The van der Waals surface area contributed by atoms with Crippen LogP contribution in [0.15, 0.2) is 29.3 Å². The van der Waals surface area contributed by atoms with Crippen molar-refractivity contribution in [1.82, 2.24) is 4.98 Å². The third kappa shape index (κ3) is 1.90. The number of aromatic amines is 1. The van der Waals surface area contributed by atoms with E-state index in [1.165, 1.54) is 6.08 Å². The van der Waals surface area contributed by atoms with Gasteiger partial charge in [-0.05, 0) is 23.6 Å². The Hall–Kier alpha value is -2.06. The monoisotopic (exact) mass is 202 g/mol. The van der Waals surface area contributed by atoms with Crippen molar-refractivity contribution in [3.05, 3.63) is 30.0 Å². The lowest BCUT2D eigenvalue weighted by atomic mass is 10.2. The second-order valence-electron chi connectivity index (χ2n) is 3.16. The van der Waals surface area contributed by atoms with Crippen LogP contribution >= 0.6 is 0 Å². The Morgan fingerprint density at radius 3 is 3.07 bits per heavy atom. The lowest BCUT2D eigenvalue weighted by molar-refractivity contribution is 0.415. The van der Waals surface area contributed by atoms with Crippen molar-refractivity contribution in [3.63, 3.8) is 0 Å². The van der Waals surface area contributed by atoms with Crippen LogP contribution in [0, 0.1) is 0 Å². The first kappa shape index (κ1) is 9.49. The average molecular weight is 202 g/mol. The van der Waals surface area contributed by atoms with Gasteiger partial charge in [0, 0.05) is 17.3 Å². The third-order valence-electron chi connectivity index (χ3n) is 2.20. The molecule has 0 aliphatic carbocycles. The maximum absolute atomic E-state index is 9.97. The van der Waals surface area contributed by atoms with Crippen molar-refractivity contribution in [3.8, 4) is 5.75 Å². The zero-order chi connectivity index (χ0) is 10.7. The Bertz CT molecular complexity index is 524. The van der Waals surface area contributed by atoms with Crippen LogP contribution in [-0.4, -0.2) is 18.2 Å². The largest absolute Gasteiger partial charge is 0.497 e. The van der Waals surface area contributed by atoms with Crippen LogP contribution in [0.4, 0.5) is 0 Å². The Morgan fingerprint density at radius 2 is 2.33 bits per heavy atom. The highest BCUT2D eigenvalue weighted by Gasteiger charge is 2.01. The standard InChI is InChI=1S/C11H10N2O2/c1-15-10-3-2-8-4-9(6-12-7-14)13-11(8)5-10/h2-5,13H,6H2,1H3. The second-order valence-corrected chi connectivity index (χ2v) is 3.16. The van der Waals surface area contributed by atoms with Crippen LogP contribution < -0.4 is 4.74 Å². The third-order valence-corrected chi connectivity index (χ3v) is 2.20. The molecule has 0 bridgehead atoms. The van der Waals surface area contributed by atoms with Gasteiger partial charge in [0.2, 0.25) is 6.08 Å². The van der Waals surface area contributed by atoms with Crippen molar-refractivity contribution in [1.29, 1.82) is 0 Å². The molecular formula is C11H10N2O2. The van der Waals surface area contributed by atoms with Crippen molar-refractivity contribution >= 4 is 17.0 Å². The van der Waals surface area contributed by atoms with Crippen LogP contribution in [0.5, 0.6) is 5.75 Å². The van der Waals surface area contributed by atoms with Crippen molar-refractivity contribution < 1.29 is 9.53 Å². The van der Waals surface area contributed by atoms with E-state index in [1.807, 2.05) is 24.3 Å². The summed E-state index contributed by atoms with van der Waals surface area (Å²) in [6.45, 7) is 0.334. The summed E-state index contributed by atoms with van der Waals surface area (Å²) in [4.78, 5) is 16.6. The SMILES string of the molecule is COc1ccc2cc(CN=C=O)[nH]c2c1. The van der Waals surface area contributed by atoms with E-state index in [2.05, 4.69) is 9.98 Å². The van der Waals surface area contributed by atoms with Gasteiger partial charge in [0.25, 0.3) is 0 Å². The molecule has 76 valence electrons. The van der Waals surface area contributed by atoms with Gasteiger partial charge in [0.05, 0.1) is 13.7 Å². The maximum atomic E-state index is 9.97. The molecule has 0 atom stereocenters. The molecule has 0 unspecified atom stereocenters. The molecule has 0 aliphatic heterocycles.